The molecule has 1 heteroatoms. The van der Waals surface area contributed by atoms with Crippen LogP contribution in [-0.4, -0.2) is 13.1 Å². The summed E-state index contributed by atoms with van der Waals surface area (Å²) in [5.41, 5.74) is 1.62. The van der Waals surface area contributed by atoms with Crippen molar-refractivity contribution in [2.75, 3.05) is 13.1 Å². The van der Waals surface area contributed by atoms with Gasteiger partial charge in [0.25, 0.3) is 0 Å². The van der Waals surface area contributed by atoms with Crippen molar-refractivity contribution in [3.8, 4) is 0 Å². The number of hydrogen-bond acceptors (Lipinski definition) is 1. The first-order valence-corrected chi connectivity index (χ1v) is 4.73. The molecule has 1 N–H and O–H groups in total. The van der Waals surface area contributed by atoms with Gasteiger partial charge in [-0.2, -0.15) is 0 Å². The minimum atomic E-state index is 0.787. The fourth-order valence-electron chi connectivity index (χ4n) is 1.67. The topological polar surface area (TPSA) is 12.0 Å². The quantitative estimate of drug-likeness (QED) is 0.614. The molecular formula is C10H19N. The normalized spacial score (nSPS) is 24.4. The predicted molar refractivity (Wildman–Crippen MR) is 49.6 cm³/mol. The van der Waals surface area contributed by atoms with Crippen LogP contribution in [0.25, 0.3) is 0 Å². The molecule has 0 amide bonds. The Hall–Kier alpha value is -0.300. The van der Waals surface area contributed by atoms with Gasteiger partial charge in [0.15, 0.2) is 0 Å². The van der Waals surface area contributed by atoms with Crippen molar-refractivity contribution >= 4 is 0 Å². The minimum absolute atomic E-state index is 0.787. The highest BCUT2D eigenvalue weighted by molar-refractivity contribution is 5.09. The summed E-state index contributed by atoms with van der Waals surface area (Å²) in [6.45, 7) is 6.88. The van der Waals surface area contributed by atoms with Gasteiger partial charge in [-0.25, -0.2) is 0 Å². The molecule has 1 nitrogen and oxygen atoms in total. The van der Waals surface area contributed by atoms with E-state index in [2.05, 4.69) is 25.2 Å². The van der Waals surface area contributed by atoms with E-state index in [-0.39, 0.29) is 0 Å². The van der Waals surface area contributed by atoms with E-state index in [1.807, 2.05) is 0 Å². The summed E-state index contributed by atoms with van der Waals surface area (Å²) < 4.78 is 0. The second-order valence-corrected chi connectivity index (χ2v) is 3.52. The van der Waals surface area contributed by atoms with Gasteiger partial charge in [0.05, 0.1) is 0 Å². The van der Waals surface area contributed by atoms with Crippen molar-refractivity contribution in [3.05, 3.63) is 11.6 Å². The fourth-order valence-corrected chi connectivity index (χ4v) is 1.67. The van der Waals surface area contributed by atoms with E-state index in [1.54, 1.807) is 5.57 Å². The fraction of sp³-hybridized carbons (Fsp3) is 0.800. The summed E-state index contributed by atoms with van der Waals surface area (Å²) in [6.07, 6.45) is 6.36. The van der Waals surface area contributed by atoms with Crippen molar-refractivity contribution in [1.82, 2.24) is 5.32 Å². The molecule has 1 saturated heterocycles. The van der Waals surface area contributed by atoms with Crippen LogP contribution in [0.5, 0.6) is 0 Å². The van der Waals surface area contributed by atoms with Gasteiger partial charge in [0, 0.05) is 6.54 Å². The zero-order chi connectivity index (χ0) is 8.10. The summed E-state index contributed by atoms with van der Waals surface area (Å²) in [6, 6.07) is 0. The number of rotatable bonds is 3. The summed E-state index contributed by atoms with van der Waals surface area (Å²) in [5.74, 6) is 0.787. The van der Waals surface area contributed by atoms with Crippen LogP contribution in [0.3, 0.4) is 0 Å². The van der Waals surface area contributed by atoms with Crippen molar-refractivity contribution in [3.63, 3.8) is 0 Å². The average molecular weight is 153 g/mol. The van der Waals surface area contributed by atoms with E-state index >= 15 is 0 Å². The van der Waals surface area contributed by atoms with Gasteiger partial charge in [0.1, 0.15) is 0 Å². The molecule has 1 rings (SSSR count). The summed E-state index contributed by atoms with van der Waals surface area (Å²) in [7, 11) is 0. The maximum Gasteiger partial charge on any atom is 0.0165 e. The molecule has 1 fully saturated rings. The zero-order valence-corrected chi connectivity index (χ0v) is 7.69. The average Bonchev–Trinajstić information content (AvgIpc) is 2.40. The summed E-state index contributed by atoms with van der Waals surface area (Å²) >= 11 is 0. The highest BCUT2D eigenvalue weighted by Gasteiger charge is 2.06. The molecule has 1 unspecified atom stereocenters. The van der Waals surface area contributed by atoms with Gasteiger partial charge in [-0.3, -0.25) is 0 Å². The zero-order valence-electron chi connectivity index (χ0n) is 7.69. The summed E-state index contributed by atoms with van der Waals surface area (Å²) in [4.78, 5) is 0. The Morgan fingerprint density at radius 3 is 3.00 bits per heavy atom. The monoisotopic (exact) mass is 153 g/mol. The standard InChI is InChI=1S/C10H19N/c1-3-4-9(2)7-10-5-6-11-8-10/h7,9,11H,3-6,8H2,1-2H3/b10-7-. The molecule has 1 heterocycles. The lowest BCUT2D eigenvalue weighted by Crippen LogP contribution is -2.05. The molecule has 0 aliphatic carbocycles. The van der Waals surface area contributed by atoms with E-state index < -0.39 is 0 Å². The van der Waals surface area contributed by atoms with Crippen LogP contribution in [-0.2, 0) is 0 Å². The molecule has 0 radical (unpaired) electrons. The van der Waals surface area contributed by atoms with Crippen LogP contribution < -0.4 is 5.32 Å². The second kappa shape index (κ2) is 4.55. The Kier molecular flexibility index (Phi) is 3.64. The van der Waals surface area contributed by atoms with Crippen molar-refractivity contribution in [2.24, 2.45) is 5.92 Å². The van der Waals surface area contributed by atoms with Crippen LogP contribution in [0, 0.1) is 5.92 Å². The van der Waals surface area contributed by atoms with Gasteiger partial charge in [-0.1, -0.05) is 31.9 Å². The molecular weight excluding hydrogens is 134 g/mol. The highest BCUT2D eigenvalue weighted by Crippen LogP contribution is 2.13. The lowest BCUT2D eigenvalue weighted by Gasteiger charge is -2.04. The van der Waals surface area contributed by atoms with Crippen LogP contribution in [0.1, 0.15) is 33.1 Å². The molecule has 0 aromatic rings. The molecule has 0 aromatic heterocycles. The van der Waals surface area contributed by atoms with E-state index in [0.717, 1.165) is 12.5 Å². The van der Waals surface area contributed by atoms with Gasteiger partial charge < -0.3 is 5.32 Å². The van der Waals surface area contributed by atoms with Gasteiger partial charge in [0.2, 0.25) is 0 Å². The first kappa shape index (κ1) is 8.79. The smallest absolute Gasteiger partial charge is 0.0165 e. The molecule has 0 spiro atoms. The largest absolute Gasteiger partial charge is 0.313 e. The van der Waals surface area contributed by atoms with Crippen LogP contribution >= 0.6 is 0 Å². The van der Waals surface area contributed by atoms with Crippen molar-refractivity contribution in [1.29, 1.82) is 0 Å². The predicted octanol–water partition coefficient (Wildman–Crippen LogP) is 2.34. The Balaban J connectivity index is 2.30. The minimum Gasteiger partial charge on any atom is -0.313 e. The molecule has 0 saturated carbocycles. The van der Waals surface area contributed by atoms with E-state index in [0.29, 0.717) is 0 Å². The lowest BCUT2D eigenvalue weighted by atomic mass is 10.0. The third-order valence-corrected chi connectivity index (χ3v) is 2.24. The summed E-state index contributed by atoms with van der Waals surface area (Å²) in [5, 5.41) is 3.35. The molecule has 0 bridgehead atoms. The van der Waals surface area contributed by atoms with Crippen LogP contribution in [0.4, 0.5) is 0 Å². The molecule has 11 heavy (non-hydrogen) atoms. The number of allylic oxidation sites excluding steroid dienone is 1. The molecule has 1 atom stereocenters. The van der Waals surface area contributed by atoms with Crippen LogP contribution in [0.15, 0.2) is 11.6 Å². The third-order valence-electron chi connectivity index (χ3n) is 2.24. The Morgan fingerprint density at radius 2 is 2.45 bits per heavy atom. The lowest BCUT2D eigenvalue weighted by molar-refractivity contribution is 0.629. The molecule has 0 aromatic carbocycles. The van der Waals surface area contributed by atoms with E-state index in [9.17, 15) is 0 Å². The maximum atomic E-state index is 3.35. The Morgan fingerprint density at radius 1 is 1.64 bits per heavy atom. The maximum absolute atomic E-state index is 3.35. The Labute approximate surface area is 69.9 Å². The first-order valence-electron chi connectivity index (χ1n) is 4.73. The van der Waals surface area contributed by atoms with Gasteiger partial charge >= 0.3 is 0 Å². The first-order chi connectivity index (χ1) is 5.33. The third kappa shape index (κ3) is 3.06. The number of nitrogens with one attached hydrogen (secondary N) is 1. The molecule has 1 aliphatic rings. The van der Waals surface area contributed by atoms with Crippen molar-refractivity contribution in [2.45, 2.75) is 33.1 Å². The second-order valence-electron chi connectivity index (χ2n) is 3.52. The number of hydrogen-bond donors (Lipinski definition) is 1. The van der Waals surface area contributed by atoms with E-state index in [4.69, 9.17) is 0 Å². The van der Waals surface area contributed by atoms with E-state index in [1.165, 1.54) is 25.8 Å². The van der Waals surface area contributed by atoms with Gasteiger partial charge in [-0.15, -0.1) is 0 Å². The SMILES string of the molecule is CCCC(C)/C=C1/CCNC1. The highest BCUT2D eigenvalue weighted by atomic mass is 14.9. The van der Waals surface area contributed by atoms with Crippen molar-refractivity contribution < 1.29 is 0 Å². The van der Waals surface area contributed by atoms with Gasteiger partial charge in [-0.05, 0) is 25.3 Å². The Bertz CT molecular complexity index is 130. The molecule has 64 valence electrons. The van der Waals surface area contributed by atoms with Crippen LogP contribution in [0.2, 0.25) is 0 Å². The molecule has 1 aliphatic heterocycles.